The number of aromatic nitrogens is 1. The highest BCUT2D eigenvalue weighted by atomic mass is 32.1. The van der Waals surface area contributed by atoms with E-state index in [1.807, 2.05) is 24.0 Å². The lowest BCUT2D eigenvalue weighted by atomic mass is 9.90. The molecule has 2 aromatic heterocycles. The summed E-state index contributed by atoms with van der Waals surface area (Å²) in [5.74, 6) is -0.0456. The van der Waals surface area contributed by atoms with Gasteiger partial charge in [0, 0.05) is 12.1 Å². The summed E-state index contributed by atoms with van der Waals surface area (Å²) in [6.07, 6.45) is 8.57. The molecule has 3 aromatic rings. The monoisotopic (exact) mass is 477 g/mol. The third kappa shape index (κ3) is 4.28. The van der Waals surface area contributed by atoms with Crippen LogP contribution in [0, 0.1) is 0 Å². The first-order valence-corrected chi connectivity index (χ1v) is 13.6. The highest BCUT2D eigenvalue weighted by molar-refractivity contribution is 7.17. The highest BCUT2D eigenvalue weighted by Crippen LogP contribution is 2.36. The minimum atomic E-state index is -0.930. The second-order valence-corrected chi connectivity index (χ2v) is 11.2. The van der Waals surface area contributed by atoms with Crippen LogP contribution in [0.3, 0.4) is 0 Å². The molecule has 1 N–H and O–H groups in total. The van der Waals surface area contributed by atoms with E-state index in [9.17, 15) is 9.59 Å². The number of aryl methyl sites for hydroxylation is 1. The zero-order valence-electron chi connectivity index (χ0n) is 20.3. The molecule has 0 bridgehead atoms. The minimum Gasteiger partial charge on any atom is -0.351 e. The Morgan fingerprint density at radius 3 is 2.62 bits per heavy atom. The Labute approximate surface area is 206 Å². The first kappa shape index (κ1) is 23.2. The largest absolute Gasteiger partial charge is 0.351 e. The molecule has 180 valence electrons. The summed E-state index contributed by atoms with van der Waals surface area (Å²) in [7, 11) is 0. The van der Waals surface area contributed by atoms with Crippen molar-refractivity contribution in [1.82, 2.24) is 14.8 Å². The number of carbonyl (C=O) groups excluding carboxylic acids is 2. The van der Waals surface area contributed by atoms with Crippen molar-refractivity contribution in [1.29, 1.82) is 0 Å². The van der Waals surface area contributed by atoms with Gasteiger partial charge in [-0.1, -0.05) is 56.0 Å². The van der Waals surface area contributed by atoms with Gasteiger partial charge in [-0.05, 0) is 62.6 Å². The Balaban J connectivity index is 1.45. The van der Waals surface area contributed by atoms with Crippen molar-refractivity contribution in [3.05, 3.63) is 59.1 Å². The van der Waals surface area contributed by atoms with E-state index in [0.717, 1.165) is 48.7 Å². The fourth-order valence-corrected chi connectivity index (χ4v) is 6.66. The van der Waals surface area contributed by atoms with Gasteiger partial charge in [-0.15, -0.1) is 11.3 Å². The molecule has 1 aliphatic carbocycles. The van der Waals surface area contributed by atoms with Crippen LogP contribution in [0.5, 0.6) is 0 Å². The van der Waals surface area contributed by atoms with Gasteiger partial charge < -0.3 is 14.8 Å². The van der Waals surface area contributed by atoms with Crippen LogP contribution < -0.4 is 5.32 Å². The number of nitrogens with zero attached hydrogens (tertiary/aromatic N) is 2. The molecule has 2 atom stereocenters. The van der Waals surface area contributed by atoms with E-state index in [2.05, 4.69) is 52.5 Å². The molecule has 1 aromatic carbocycles. The molecule has 2 aliphatic rings. The maximum atomic E-state index is 13.9. The number of hydrogen-bond acceptors (Lipinski definition) is 3. The van der Waals surface area contributed by atoms with Crippen LogP contribution in [0.25, 0.3) is 10.2 Å². The van der Waals surface area contributed by atoms with Crippen LogP contribution in [0.2, 0.25) is 0 Å². The fourth-order valence-electron chi connectivity index (χ4n) is 5.84. The average molecular weight is 478 g/mol. The SMILES string of the molecule is C[C@@H](CCc1ccccc1)N1C(=O)c2cc3sccc3n2C[C@]1(C)C(=O)NC1CCCCCC1. The number of benzene rings is 1. The molecule has 1 aliphatic heterocycles. The number of thiophene rings is 1. The summed E-state index contributed by atoms with van der Waals surface area (Å²) < 4.78 is 3.18. The standard InChI is InChI=1S/C28H35N3O2S/c1-20(14-15-21-10-6-5-7-11-21)31-26(32)24-18-25-23(16-17-34-25)30(24)19-28(31,2)27(33)29-22-12-8-3-4-9-13-22/h5-7,10-11,16-18,20,22H,3-4,8-9,12-15,19H2,1-2H3,(H,29,33)/t20-,28+/m0/s1. The Hall–Kier alpha value is -2.60. The van der Waals surface area contributed by atoms with Crippen LogP contribution >= 0.6 is 11.3 Å². The highest BCUT2D eigenvalue weighted by Gasteiger charge is 2.49. The quantitative estimate of drug-likeness (QED) is 0.458. The summed E-state index contributed by atoms with van der Waals surface area (Å²) in [5, 5.41) is 5.43. The maximum Gasteiger partial charge on any atom is 0.271 e. The predicted molar refractivity (Wildman–Crippen MR) is 138 cm³/mol. The van der Waals surface area contributed by atoms with E-state index in [-0.39, 0.29) is 23.9 Å². The van der Waals surface area contributed by atoms with Gasteiger partial charge in [-0.2, -0.15) is 0 Å². The molecule has 1 fully saturated rings. The predicted octanol–water partition coefficient (Wildman–Crippen LogP) is 5.78. The van der Waals surface area contributed by atoms with Gasteiger partial charge in [-0.3, -0.25) is 9.59 Å². The second-order valence-electron chi connectivity index (χ2n) is 10.3. The van der Waals surface area contributed by atoms with E-state index < -0.39 is 5.54 Å². The molecule has 1 saturated carbocycles. The number of fused-ring (bicyclic) bond motifs is 3. The number of carbonyl (C=O) groups is 2. The smallest absolute Gasteiger partial charge is 0.271 e. The van der Waals surface area contributed by atoms with Crippen LogP contribution in [0.15, 0.2) is 47.8 Å². The fraction of sp³-hybridized carbons (Fsp3) is 0.500. The van der Waals surface area contributed by atoms with Crippen molar-refractivity contribution in [2.24, 2.45) is 0 Å². The average Bonchev–Trinajstić information content (AvgIpc) is 3.33. The first-order chi connectivity index (χ1) is 16.5. The summed E-state index contributed by atoms with van der Waals surface area (Å²) in [5.41, 5.74) is 2.08. The van der Waals surface area contributed by atoms with E-state index in [4.69, 9.17) is 0 Å². The van der Waals surface area contributed by atoms with Gasteiger partial charge >= 0.3 is 0 Å². The van der Waals surface area contributed by atoms with E-state index in [0.29, 0.717) is 12.2 Å². The molecular weight excluding hydrogens is 442 g/mol. The van der Waals surface area contributed by atoms with Crippen LogP contribution in [0.4, 0.5) is 0 Å². The zero-order chi connectivity index (χ0) is 23.7. The van der Waals surface area contributed by atoms with Gasteiger partial charge in [-0.25, -0.2) is 0 Å². The van der Waals surface area contributed by atoms with Crippen molar-refractivity contribution < 1.29 is 9.59 Å². The second kappa shape index (κ2) is 9.57. The van der Waals surface area contributed by atoms with Gasteiger partial charge in [0.1, 0.15) is 11.2 Å². The molecule has 2 amide bonds. The van der Waals surface area contributed by atoms with Gasteiger partial charge in [0.15, 0.2) is 0 Å². The van der Waals surface area contributed by atoms with Crippen molar-refractivity contribution in [3.63, 3.8) is 0 Å². The van der Waals surface area contributed by atoms with Crippen LogP contribution in [-0.2, 0) is 17.8 Å². The zero-order valence-corrected chi connectivity index (χ0v) is 21.1. The van der Waals surface area contributed by atoms with Gasteiger partial charge in [0.25, 0.3) is 5.91 Å². The molecule has 6 heteroatoms. The lowest BCUT2D eigenvalue weighted by Crippen LogP contribution is -2.67. The molecule has 0 unspecified atom stereocenters. The topological polar surface area (TPSA) is 54.3 Å². The Kier molecular flexibility index (Phi) is 6.52. The molecule has 0 spiro atoms. The molecule has 34 heavy (non-hydrogen) atoms. The summed E-state index contributed by atoms with van der Waals surface area (Å²) in [6.45, 7) is 4.55. The van der Waals surface area contributed by atoms with E-state index in [1.54, 1.807) is 11.3 Å². The number of nitrogens with one attached hydrogen (secondary N) is 1. The molecule has 5 rings (SSSR count). The van der Waals surface area contributed by atoms with Gasteiger partial charge in [0.2, 0.25) is 5.91 Å². The Morgan fingerprint density at radius 2 is 1.88 bits per heavy atom. The summed E-state index contributed by atoms with van der Waals surface area (Å²) >= 11 is 1.65. The maximum absolute atomic E-state index is 13.9. The minimum absolute atomic E-state index is 0.0120. The van der Waals surface area contributed by atoms with Crippen molar-refractivity contribution in [3.8, 4) is 0 Å². The van der Waals surface area contributed by atoms with Crippen molar-refractivity contribution in [2.45, 2.75) is 89.4 Å². The molecule has 0 saturated heterocycles. The molecular formula is C28H35N3O2S. The number of rotatable bonds is 6. The van der Waals surface area contributed by atoms with Crippen LogP contribution in [-0.4, -0.2) is 38.9 Å². The van der Waals surface area contributed by atoms with E-state index in [1.165, 1.54) is 18.4 Å². The molecule has 5 nitrogen and oxygen atoms in total. The first-order valence-electron chi connectivity index (χ1n) is 12.7. The molecule has 0 radical (unpaired) electrons. The third-order valence-corrected chi connectivity index (χ3v) is 8.63. The number of amides is 2. The van der Waals surface area contributed by atoms with Crippen molar-refractivity contribution in [2.75, 3.05) is 0 Å². The lowest BCUT2D eigenvalue weighted by Gasteiger charge is -2.47. The van der Waals surface area contributed by atoms with Gasteiger partial charge in [0.05, 0.1) is 16.8 Å². The van der Waals surface area contributed by atoms with Crippen molar-refractivity contribution >= 4 is 33.4 Å². The molecule has 3 heterocycles. The van der Waals surface area contributed by atoms with Crippen LogP contribution in [0.1, 0.15) is 74.8 Å². The normalized spacial score (nSPS) is 22.4. The summed E-state index contributed by atoms with van der Waals surface area (Å²) in [4.78, 5) is 29.7. The lowest BCUT2D eigenvalue weighted by molar-refractivity contribution is -0.135. The Bertz CT molecular complexity index is 1160. The van der Waals surface area contributed by atoms with E-state index >= 15 is 0 Å². The summed E-state index contributed by atoms with van der Waals surface area (Å²) in [6, 6.07) is 14.6. The number of hydrogen-bond donors (Lipinski definition) is 1. The Morgan fingerprint density at radius 1 is 1.15 bits per heavy atom. The third-order valence-electron chi connectivity index (χ3n) is 7.77.